The molecule has 7 heteroatoms. The summed E-state index contributed by atoms with van der Waals surface area (Å²) in [7, 11) is 3.09. The molecule has 0 saturated heterocycles. The third kappa shape index (κ3) is 4.76. The number of ether oxygens (including phenoxy) is 3. The largest absolute Gasteiger partial charge is 0.504 e. The van der Waals surface area contributed by atoms with Gasteiger partial charge in [0.25, 0.3) is 0 Å². The quantitative estimate of drug-likeness (QED) is 0.581. The van der Waals surface area contributed by atoms with Crippen LogP contribution in [0.25, 0.3) is 0 Å². The molecule has 1 aliphatic carbocycles. The molecule has 0 amide bonds. The highest BCUT2D eigenvalue weighted by molar-refractivity contribution is 6.04. The van der Waals surface area contributed by atoms with E-state index in [1.807, 2.05) is 31.2 Å². The van der Waals surface area contributed by atoms with Crippen LogP contribution in [-0.2, 0) is 14.3 Å². The lowest BCUT2D eigenvalue weighted by atomic mass is 9.71. The third-order valence-electron chi connectivity index (χ3n) is 6.51. The minimum absolute atomic E-state index is 0.00613. The van der Waals surface area contributed by atoms with Crippen molar-refractivity contribution in [3.63, 3.8) is 0 Å². The monoisotopic (exact) mass is 477 g/mol. The first-order valence-corrected chi connectivity index (χ1v) is 11.7. The topological polar surface area (TPSA) is 94.1 Å². The Kier molecular flexibility index (Phi) is 6.87. The second-order valence-corrected chi connectivity index (χ2v) is 9.18. The summed E-state index contributed by atoms with van der Waals surface area (Å²) in [5, 5.41) is 13.5. The fourth-order valence-electron chi connectivity index (χ4n) is 4.91. The fraction of sp³-hybridized carbons (Fsp3) is 0.357. The number of methoxy groups -OCH3 is 2. The molecule has 2 aromatic rings. The number of phenols is 1. The fourth-order valence-corrected chi connectivity index (χ4v) is 4.91. The number of dihydropyridines is 1. The van der Waals surface area contributed by atoms with Gasteiger partial charge >= 0.3 is 5.97 Å². The number of ketones is 1. The van der Waals surface area contributed by atoms with E-state index in [0.29, 0.717) is 35.2 Å². The molecule has 0 aromatic heterocycles. The number of hydrogen-bond acceptors (Lipinski definition) is 7. The average molecular weight is 478 g/mol. The number of esters is 1. The summed E-state index contributed by atoms with van der Waals surface area (Å²) >= 11 is 0. The molecule has 2 aromatic carbocycles. The van der Waals surface area contributed by atoms with Crippen LogP contribution in [0.5, 0.6) is 17.2 Å². The van der Waals surface area contributed by atoms with Crippen LogP contribution in [0.3, 0.4) is 0 Å². The van der Waals surface area contributed by atoms with E-state index in [2.05, 4.69) is 5.32 Å². The molecule has 35 heavy (non-hydrogen) atoms. The molecular weight excluding hydrogens is 446 g/mol. The molecular formula is C28H31NO6. The third-order valence-corrected chi connectivity index (χ3v) is 6.51. The van der Waals surface area contributed by atoms with Gasteiger partial charge in [-0.1, -0.05) is 18.2 Å². The smallest absolute Gasteiger partial charge is 0.337 e. The van der Waals surface area contributed by atoms with Gasteiger partial charge in [-0.2, -0.15) is 0 Å². The maximum Gasteiger partial charge on any atom is 0.337 e. The Labute approximate surface area is 205 Å². The Morgan fingerprint density at radius 2 is 1.71 bits per heavy atom. The number of nitrogens with one attached hydrogen (secondary N) is 1. The highest BCUT2D eigenvalue weighted by Gasteiger charge is 2.41. The summed E-state index contributed by atoms with van der Waals surface area (Å²) in [4.78, 5) is 26.9. The van der Waals surface area contributed by atoms with Gasteiger partial charge in [0.05, 0.1) is 25.9 Å². The number of aromatic hydroxyl groups is 1. The van der Waals surface area contributed by atoms with Crippen LogP contribution in [0.4, 0.5) is 0 Å². The number of benzene rings is 2. The van der Waals surface area contributed by atoms with Gasteiger partial charge in [0.2, 0.25) is 0 Å². The van der Waals surface area contributed by atoms with Crippen LogP contribution < -0.4 is 14.8 Å². The molecule has 1 aliphatic heterocycles. The zero-order chi connectivity index (χ0) is 25.3. The van der Waals surface area contributed by atoms with E-state index in [4.69, 9.17) is 14.2 Å². The minimum atomic E-state index is -0.628. The van der Waals surface area contributed by atoms with E-state index in [9.17, 15) is 14.7 Å². The van der Waals surface area contributed by atoms with Gasteiger partial charge in [-0.05, 0) is 68.5 Å². The summed E-state index contributed by atoms with van der Waals surface area (Å²) in [5.41, 5.74) is 4.14. The van der Waals surface area contributed by atoms with Gasteiger partial charge in [-0.25, -0.2) is 4.79 Å². The molecule has 0 radical (unpaired) electrons. The lowest BCUT2D eigenvalue weighted by Crippen LogP contribution is -2.36. The number of carbonyl (C=O) groups is 2. The van der Waals surface area contributed by atoms with Crippen LogP contribution in [-0.4, -0.2) is 37.2 Å². The van der Waals surface area contributed by atoms with E-state index in [-0.39, 0.29) is 29.3 Å². The van der Waals surface area contributed by atoms with Crippen molar-refractivity contribution < 1.29 is 28.9 Å². The van der Waals surface area contributed by atoms with Crippen molar-refractivity contribution >= 4 is 11.8 Å². The van der Waals surface area contributed by atoms with Crippen LogP contribution in [0.2, 0.25) is 0 Å². The number of hydrogen-bond donors (Lipinski definition) is 2. The second kappa shape index (κ2) is 9.86. The Hall–Kier alpha value is -3.74. The maximum absolute atomic E-state index is 13.7. The molecule has 4 rings (SSSR count). The van der Waals surface area contributed by atoms with Gasteiger partial charge in [-0.15, -0.1) is 0 Å². The van der Waals surface area contributed by atoms with Gasteiger partial charge < -0.3 is 24.6 Å². The summed E-state index contributed by atoms with van der Waals surface area (Å²) in [5.74, 6) is -0.0988. The molecule has 0 fully saturated rings. The molecule has 184 valence electrons. The molecule has 0 saturated carbocycles. The first kappa shape index (κ1) is 24.4. The van der Waals surface area contributed by atoms with Gasteiger partial charge in [-0.3, -0.25) is 4.79 Å². The number of carbonyl (C=O) groups excluding carboxylic acids is 2. The highest BCUT2D eigenvalue weighted by Crippen LogP contribution is 2.47. The first-order chi connectivity index (χ1) is 16.7. The summed E-state index contributed by atoms with van der Waals surface area (Å²) in [6, 6.07) is 12.7. The summed E-state index contributed by atoms with van der Waals surface area (Å²) < 4.78 is 16.1. The summed E-state index contributed by atoms with van der Waals surface area (Å²) in [6.45, 7) is 5.41. The lowest BCUT2D eigenvalue weighted by Gasteiger charge is -2.37. The van der Waals surface area contributed by atoms with E-state index in [1.54, 1.807) is 33.1 Å². The van der Waals surface area contributed by atoms with Crippen LogP contribution >= 0.6 is 0 Å². The normalized spacial score (nSPS) is 19.9. The minimum Gasteiger partial charge on any atom is -0.504 e. The Bertz CT molecular complexity index is 1210. The van der Waals surface area contributed by atoms with E-state index in [0.717, 1.165) is 17.0 Å². The molecule has 0 unspecified atom stereocenters. The van der Waals surface area contributed by atoms with Crippen molar-refractivity contribution in [2.45, 2.75) is 51.6 Å². The average Bonchev–Trinajstić information content (AvgIpc) is 2.83. The van der Waals surface area contributed by atoms with Crippen molar-refractivity contribution in [3.8, 4) is 17.2 Å². The number of allylic oxidation sites excluding steroid dienone is 3. The molecule has 0 bridgehead atoms. The molecule has 7 nitrogen and oxygen atoms in total. The van der Waals surface area contributed by atoms with Gasteiger partial charge in [0.15, 0.2) is 17.3 Å². The molecule has 2 aliphatic rings. The zero-order valence-corrected chi connectivity index (χ0v) is 20.7. The molecule has 2 atom stereocenters. The predicted molar refractivity (Wildman–Crippen MR) is 131 cm³/mol. The van der Waals surface area contributed by atoms with E-state index >= 15 is 0 Å². The van der Waals surface area contributed by atoms with E-state index < -0.39 is 11.9 Å². The maximum atomic E-state index is 13.7. The molecule has 0 spiro atoms. The Morgan fingerprint density at radius 3 is 2.34 bits per heavy atom. The first-order valence-electron chi connectivity index (χ1n) is 11.7. The Balaban J connectivity index is 1.79. The highest BCUT2D eigenvalue weighted by atomic mass is 16.5. The SMILES string of the molecule is COc1ccc([C@@H]2CC(=O)C3=C(C2)NC(C)=C(C(=O)OC(C)C)[C@@H]3c2ccc(O)c(OC)c2)cc1. The zero-order valence-electron chi connectivity index (χ0n) is 20.7. The van der Waals surface area contributed by atoms with Gasteiger partial charge in [0.1, 0.15) is 5.75 Å². The number of rotatable bonds is 6. The lowest BCUT2D eigenvalue weighted by molar-refractivity contribution is -0.143. The van der Waals surface area contributed by atoms with Crippen LogP contribution in [0, 0.1) is 0 Å². The van der Waals surface area contributed by atoms with Crippen LogP contribution in [0.15, 0.2) is 65.0 Å². The van der Waals surface area contributed by atoms with Crippen molar-refractivity contribution in [1.82, 2.24) is 5.32 Å². The van der Waals surface area contributed by atoms with Crippen molar-refractivity contribution in [2.24, 2.45) is 0 Å². The van der Waals surface area contributed by atoms with Crippen molar-refractivity contribution in [2.75, 3.05) is 14.2 Å². The standard InChI is InChI=1S/C28H31NO6/c1-15(2)35-28(32)25-16(3)29-21-12-19(17-6-9-20(33-4)10-7-17)13-23(31)27(21)26(25)18-8-11-22(30)24(14-18)34-5/h6-11,14-15,19,26,29-30H,12-13H2,1-5H3/t19-,26-/m0/s1. The summed E-state index contributed by atoms with van der Waals surface area (Å²) in [6.07, 6.45) is 0.641. The number of Topliss-reactive ketones (excluding diaryl/α,β-unsaturated/α-hetero) is 1. The van der Waals surface area contributed by atoms with E-state index in [1.165, 1.54) is 13.2 Å². The second-order valence-electron chi connectivity index (χ2n) is 9.18. The van der Waals surface area contributed by atoms with Gasteiger partial charge in [0, 0.05) is 29.3 Å². The molecule has 2 N–H and O–H groups in total. The number of phenolic OH excluding ortho intramolecular Hbond substituents is 1. The van der Waals surface area contributed by atoms with Crippen molar-refractivity contribution in [3.05, 3.63) is 76.1 Å². The van der Waals surface area contributed by atoms with Crippen molar-refractivity contribution in [1.29, 1.82) is 0 Å². The molecule has 1 heterocycles. The Morgan fingerprint density at radius 1 is 1.03 bits per heavy atom. The van der Waals surface area contributed by atoms with Crippen LogP contribution in [0.1, 0.15) is 56.6 Å². The predicted octanol–water partition coefficient (Wildman–Crippen LogP) is 4.72.